The van der Waals surface area contributed by atoms with Crippen molar-refractivity contribution in [2.24, 2.45) is 0 Å². The zero-order chi connectivity index (χ0) is 15.9. The van der Waals surface area contributed by atoms with E-state index in [9.17, 15) is 18.0 Å². The second kappa shape index (κ2) is 5.70. The Labute approximate surface area is 133 Å². The maximum absolute atomic E-state index is 13.1. The number of pyridine rings is 1. The molecule has 3 heterocycles. The van der Waals surface area contributed by atoms with E-state index in [1.165, 1.54) is 11.3 Å². The number of rotatable bonds is 2. The lowest BCUT2D eigenvalue weighted by molar-refractivity contribution is -0.197. The highest BCUT2D eigenvalue weighted by Gasteiger charge is 2.46. The van der Waals surface area contributed by atoms with Crippen LogP contribution in [-0.2, 0) is 11.3 Å². The zero-order valence-electron chi connectivity index (χ0n) is 11.4. The van der Waals surface area contributed by atoms with E-state index in [0.717, 1.165) is 9.60 Å². The molecule has 1 amide bonds. The number of hydrogen-bond acceptors (Lipinski definition) is 3. The maximum Gasteiger partial charge on any atom is 0.408 e. The van der Waals surface area contributed by atoms with Crippen molar-refractivity contribution < 1.29 is 18.0 Å². The van der Waals surface area contributed by atoms with Crippen molar-refractivity contribution in [2.45, 2.75) is 38.0 Å². The minimum Gasteiger partial charge on any atom is -0.325 e. The molecule has 22 heavy (non-hydrogen) atoms. The number of likely N-dealkylation sites (tertiary alicyclic amines) is 1. The van der Waals surface area contributed by atoms with Crippen LogP contribution in [0.5, 0.6) is 0 Å². The van der Waals surface area contributed by atoms with Crippen LogP contribution in [0.3, 0.4) is 0 Å². The molecule has 3 rings (SSSR count). The average molecular weight is 349 g/mol. The zero-order valence-corrected chi connectivity index (χ0v) is 12.9. The van der Waals surface area contributed by atoms with Gasteiger partial charge >= 0.3 is 6.18 Å². The normalized spacial score (nSPS) is 19.9. The van der Waals surface area contributed by atoms with E-state index in [1.54, 1.807) is 18.3 Å². The molecule has 1 unspecified atom stereocenters. The van der Waals surface area contributed by atoms with E-state index < -0.39 is 18.1 Å². The predicted molar refractivity (Wildman–Crippen MR) is 78.9 cm³/mol. The number of carbonyl (C=O) groups excluding carboxylic acids is 1. The van der Waals surface area contributed by atoms with Gasteiger partial charge in [0, 0.05) is 17.5 Å². The molecule has 8 heteroatoms. The van der Waals surface area contributed by atoms with Crippen LogP contribution >= 0.6 is 22.9 Å². The quantitative estimate of drug-likeness (QED) is 0.806. The summed E-state index contributed by atoms with van der Waals surface area (Å²) in [5.41, 5.74) is 0.639. The second-order valence-electron chi connectivity index (χ2n) is 5.19. The molecule has 0 aliphatic carbocycles. The third-order valence-electron chi connectivity index (χ3n) is 3.68. The molecule has 0 spiro atoms. The van der Waals surface area contributed by atoms with Gasteiger partial charge < -0.3 is 4.90 Å². The minimum absolute atomic E-state index is 0.0425. The minimum atomic E-state index is -4.40. The van der Waals surface area contributed by atoms with Gasteiger partial charge in [-0.1, -0.05) is 11.6 Å². The summed E-state index contributed by atoms with van der Waals surface area (Å²) in [6, 6.07) is 1.62. The third kappa shape index (κ3) is 2.92. The van der Waals surface area contributed by atoms with Crippen LogP contribution in [0.1, 0.15) is 24.1 Å². The molecule has 118 valence electrons. The summed E-state index contributed by atoms with van der Waals surface area (Å²) >= 11 is 7.33. The summed E-state index contributed by atoms with van der Waals surface area (Å²) in [6.45, 7) is -0.0552. The van der Waals surface area contributed by atoms with Gasteiger partial charge in [0.05, 0.1) is 21.8 Å². The first-order valence-electron chi connectivity index (χ1n) is 6.75. The van der Waals surface area contributed by atoms with Crippen LogP contribution in [-0.4, -0.2) is 28.0 Å². The summed E-state index contributed by atoms with van der Waals surface area (Å²) < 4.78 is 40.1. The van der Waals surface area contributed by atoms with Gasteiger partial charge in [-0.2, -0.15) is 13.2 Å². The number of thiophene rings is 1. The molecule has 1 atom stereocenters. The van der Waals surface area contributed by atoms with Gasteiger partial charge in [-0.15, -0.1) is 11.3 Å². The summed E-state index contributed by atoms with van der Waals surface area (Å²) in [7, 11) is 0. The lowest BCUT2D eigenvalue weighted by Gasteiger charge is -2.36. The molecule has 3 nitrogen and oxygen atoms in total. The van der Waals surface area contributed by atoms with Crippen LogP contribution in [0.25, 0.3) is 10.2 Å². The van der Waals surface area contributed by atoms with Crippen molar-refractivity contribution in [3.63, 3.8) is 0 Å². The molecule has 0 saturated carbocycles. The van der Waals surface area contributed by atoms with E-state index in [1.807, 2.05) is 0 Å². The van der Waals surface area contributed by atoms with E-state index >= 15 is 0 Å². The Balaban J connectivity index is 1.91. The molecule has 0 radical (unpaired) electrons. The van der Waals surface area contributed by atoms with Crippen molar-refractivity contribution >= 4 is 39.1 Å². The molecule has 2 aromatic rings. The highest BCUT2D eigenvalue weighted by molar-refractivity contribution is 7.19. The Morgan fingerprint density at radius 3 is 2.91 bits per heavy atom. The Bertz CT molecular complexity index is 716. The summed E-state index contributed by atoms with van der Waals surface area (Å²) in [5.74, 6) is -0.454. The Morgan fingerprint density at radius 2 is 2.23 bits per heavy atom. The highest BCUT2D eigenvalue weighted by atomic mass is 35.5. The van der Waals surface area contributed by atoms with Crippen LogP contribution in [0.15, 0.2) is 18.3 Å². The Hall–Kier alpha value is -1.34. The van der Waals surface area contributed by atoms with Gasteiger partial charge in [-0.25, -0.2) is 0 Å². The van der Waals surface area contributed by atoms with Gasteiger partial charge in [0.1, 0.15) is 6.04 Å². The molecule has 0 N–H and O–H groups in total. The molecule has 2 aromatic heterocycles. The SMILES string of the molecule is O=C1CCCC(C(F)(F)F)N1Cc1cc2nccc(Cl)c2s1. The average Bonchev–Trinajstić information content (AvgIpc) is 2.84. The molecular formula is C14H12ClF3N2OS. The van der Waals surface area contributed by atoms with Crippen molar-refractivity contribution in [1.82, 2.24) is 9.88 Å². The first kappa shape index (κ1) is 15.6. The molecule has 0 bridgehead atoms. The standard InChI is InChI=1S/C14H12ClF3N2OS/c15-9-4-5-19-10-6-8(22-13(9)10)7-20-11(14(16,17)18)2-1-3-12(20)21/h4-6,11H,1-3,7H2. The Kier molecular flexibility index (Phi) is 4.03. The van der Waals surface area contributed by atoms with Gasteiger partial charge in [0.15, 0.2) is 0 Å². The monoisotopic (exact) mass is 348 g/mol. The fraction of sp³-hybridized carbons (Fsp3) is 0.429. The van der Waals surface area contributed by atoms with Gasteiger partial charge in [-0.05, 0) is 25.0 Å². The number of piperidine rings is 1. The number of nitrogens with zero attached hydrogens (tertiary/aromatic N) is 2. The lowest BCUT2D eigenvalue weighted by Crippen LogP contribution is -2.50. The number of halogens is 4. The van der Waals surface area contributed by atoms with Gasteiger partial charge in [0.25, 0.3) is 0 Å². The van der Waals surface area contributed by atoms with Gasteiger partial charge in [-0.3, -0.25) is 9.78 Å². The number of fused-ring (bicyclic) bond motifs is 1. The van der Waals surface area contributed by atoms with E-state index in [2.05, 4.69) is 4.98 Å². The van der Waals surface area contributed by atoms with Crippen molar-refractivity contribution in [3.8, 4) is 0 Å². The number of amides is 1. The summed E-state index contributed by atoms with van der Waals surface area (Å²) in [6.07, 6.45) is -2.46. The number of carbonyl (C=O) groups is 1. The first-order valence-corrected chi connectivity index (χ1v) is 7.95. The van der Waals surface area contributed by atoms with Crippen molar-refractivity contribution in [3.05, 3.63) is 28.2 Å². The third-order valence-corrected chi connectivity index (χ3v) is 5.25. The molecule has 1 aliphatic rings. The van der Waals surface area contributed by atoms with Crippen LogP contribution in [0, 0.1) is 0 Å². The summed E-state index contributed by atoms with van der Waals surface area (Å²) in [5, 5.41) is 0.513. The topological polar surface area (TPSA) is 33.2 Å². The first-order chi connectivity index (χ1) is 10.4. The van der Waals surface area contributed by atoms with Crippen LogP contribution in [0.4, 0.5) is 13.2 Å². The maximum atomic E-state index is 13.1. The highest BCUT2D eigenvalue weighted by Crippen LogP contribution is 2.36. The smallest absolute Gasteiger partial charge is 0.325 e. The number of alkyl halides is 3. The van der Waals surface area contributed by atoms with Crippen LogP contribution in [0.2, 0.25) is 5.02 Å². The number of hydrogen-bond donors (Lipinski definition) is 0. The molecule has 1 aliphatic heterocycles. The number of aromatic nitrogens is 1. The van der Waals surface area contributed by atoms with Crippen molar-refractivity contribution in [1.29, 1.82) is 0 Å². The van der Waals surface area contributed by atoms with Crippen molar-refractivity contribution in [2.75, 3.05) is 0 Å². The second-order valence-corrected chi connectivity index (χ2v) is 6.74. The largest absolute Gasteiger partial charge is 0.408 e. The Morgan fingerprint density at radius 1 is 1.45 bits per heavy atom. The van der Waals surface area contributed by atoms with E-state index in [-0.39, 0.29) is 25.8 Å². The molecule has 1 fully saturated rings. The van der Waals surface area contributed by atoms with E-state index in [0.29, 0.717) is 15.4 Å². The molecule has 0 aromatic carbocycles. The summed E-state index contributed by atoms with van der Waals surface area (Å²) in [4.78, 5) is 17.7. The fourth-order valence-corrected chi connectivity index (χ4v) is 3.95. The lowest BCUT2D eigenvalue weighted by atomic mass is 10.0. The van der Waals surface area contributed by atoms with Crippen LogP contribution < -0.4 is 0 Å². The fourth-order valence-electron chi connectivity index (χ4n) is 2.66. The van der Waals surface area contributed by atoms with E-state index in [4.69, 9.17) is 11.6 Å². The molecular weight excluding hydrogens is 337 g/mol. The predicted octanol–water partition coefficient (Wildman–Crippen LogP) is 4.39. The molecule has 1 saturated heterocycles. The van der Waals surface area contributed by atoms with Gasteiger partial charge in [0.2, 0.25) is 5.91 Å².